The number of ether oxygens (including phenoxy) is 1. The lowest BCUT2D eigenvalue weighted by molar-refractivity contribution is -0.282. The Kier molecular flexibility index (Phi) is 6.14. The molecule has 0 fully saturated rings. The van der Waals surface area contributed by atoms with Crippen molar-refractivity contribution in [3.05, 3.63) is 0 Å². The molecule has 0 bridgehead atoms. The normalized spacial score (nSPS) is 9.91. The first-order valence-electron chi connectivity index (χ1n) is 2.21. The lowest BCUT2D eigenvalue weighted by Gasteiger charge is -2.04. The van der Waals surface area contributed by atoms with Gasteiger partial charge in [0.25, 0.3) is 16.3 Å². The van der Waals surface area contributed by atoms with Gasteiger partial charge in [0, 0.05) is 6.61 Å². The Balaban J connectivity index is 0. The Hall–Kier alpha value is -0.530. The maximum Gasteiger partial charge on any atom is 0.266 e. The van der Waals surface area contributed by atoms with Crippen LogP contribution in [0.5, 0.6) is 0 Å². The van der Waals surface area contributed by atoms with Crippen molar-refractivity contribution in [1.82, 2.24) is 0 Å². The molecule has 6 nitrogen and oxygen atoms in total. The van der Waals surface area contributed by atoms with Gasteiger partial charge in [-0.3, -0.25) is 4.55 Å². The minimum absolute atomic E-state index is 0. The fraction of sp³-hybridized carbons (Fsp3) is 0.667. The predicted octanol–water partition coefficient (Wildman–Crippen LogP) is -2.30. The number of carbonyl (C=O) groups excluding carboxylic acids is 1. The third-order valence-electron chi connectivity index (χ3n) is 0.561. The maximum absolute atomic E-state index is 9.87. The Morgan fingerprint density at radius 3 is 2.27 bits per heavy atom. The first-order valence-corrected chi connectivity index (χ1v) is 3.81. The Bertz CT molecular complexity index is 208. The molecule has 0 heterocycles. The molecular formula is C3H7ClO6S. The van der Waals surface area contributed by atoms with Crippen LogP contribution in [-0.4, -0.2) is 31.5 Å². The van der Waals surface area contributed by atoms with Crippen molar-refractivity contribution in [1.29, 1.82) is 0 Å². The van der Waals surface area contributed by atoms with Crippen molar-refractivity contribution in [2.75, 3.05) is 12.4 Å². The first-order chi connectivity index (χ1) is 4.42. The van der Waals surface area contributed by atoms with Crippen LogP contribution in [0.2, 0.25) is 0 Å². The van der Waals surface area contributed by atoms with Crippen molar-refractivity contribution < 1.29 is 40.0 Å². The highest BCUT2D eigenvalue weighted by Crippen LogP contribution is 1.82. The van der Waals surface area contributed by atoms with E-state index in [-0.39, 0.29) is 12.4 Å². The van der Waals surface area contributed by atoms with Crippen LogP contribution in [0.3, 0.4) is 0 Å². The molecule has 0 spiro atoms. The second kappa shape index (κ2) is 5.16. The topological polar surface area (TPSA) is 104 Å². The van der Waals surface area contributed by atoms with Gasteiger partial charge in [-0.15, -0.1) is 0 Å². The summed E-state index contributed by atoms with van der Waals surface area (Å²) in [6.07, 6.45) is -1.82. The first kappa shape index (κ1) is 13.1. The van der Waals surface area contributed by atoms with Crippen LogP contribution >= 0.6 is 0 Å². The van der Waals surface area contributed by atoms with Crippen molar-refractivity contribution in [2.24, 2.45) is 0 Å². The van der Waals surface area contributed by atoms with Gasteiger partial charge in [0.05, 0.1) is 18.2 Å². The molecule has 11 heavy (non-hydrogen) atoms. The zero-order valence-electron chi connectivity index (χ0n) is 5.26. The molecule has 0 saturated carbocycles. The molecule has 0 radical (unpaired) electrons. The molecule has 0 aliphatic carbocycles. The van der Waals surface area contributed by atoms with Gasteiger partial charge in [0.1, 0.15) is 0 Å². The van der Waals surface area contributed by atoms with E-state index in [2.05, 4.69) is 4.74 Å². The van der Waals surface area contributed by atoms with E-state index in [1.807, 2.05) is 0 Å². The summed E-state index contributed by atoms with van der Waals surface area (Å²) >= 11 is 0. The van der Waals surface area contributed by atoms with E-state index < -0.39 is 28.6 Å². The maximum atomic E-state index is 9.87. The van der Waals surface area contributed by atoms with E-state index >= 15 is 0 Å². The zero-order valence-corrected chi connectivity index (χ0v) is 6.97. The van der Waals surface area contributed by atoms with Crippen LogP contribution in [0.4, 0.5) is 4.79 Å². The van der Waals surface area contributed by atoms with Gasteiger partial charge in [-0.2, -0.15) is 8.42 Å². The quantitative estimate of drug-likeness (QED) is 0.411. The molecule has 0 aliphatic rings. The summed E-state index contributed by atoms with van der Waals surface area (Å²) in [7, 11) is -4.14. The summed E-state index contributed by atoms with van der Waals surface area (Å²) in [6.45, 7) is -0.610. The number of carboxylic acid groups (broad SMARTS) is 1. The Morgan fingerprint density at radius 2 is 2.00 bits per heavy atom. The molecule has 0 rings (SSSR count). The highest BCUT2D eigenvalue weighted by atomic mass is 35.5. The summed E-state index contributed by atoms with van der Waals surface area (Å²) < 4.78 is 31.4. The average Bonchev–Trinajstić information content (AvgIpc) is 1.59. The Morgan fingerprint density at radius 1 is 1.55 bits per heavy atom. The van der Waals surface area contributed by atoms with E-state index in [0.29, 0.717) is 0 Å². The number of hydrogen-bond donors (Lipinski definition) is 1. The number of carbonyl (C=O) groups is 1. The fourth-order valence-electron chi connectivity index (χ4n) is 0.230. The molecule has 0 aliphatic heterocycles. The minimum Gasteiger partial charge on any atom is -0.548 e. The largest absolute Gasteiger partial charge is 0.548 e. The highest BCUT2D eigenvalue weighted by molar-refractivity contribution is 7.85. The summed E-state index contributed by atoms with van der Waals surface area (Å²) in [5, 5.41) is 9.48. The molecule has 0 atom stereocenters. The number of hydrogen-bond acceptors (Lipinski definition) is 5. The van der Waals surface area contributed by atoms with Gasteiger partial charge in [-0.1, -0.05) is 0 Å². The lowest BCUT2D eigenvalue weighted by Crippen LogP contribution is -2.26. The molecule has 8 heteroatoms. The third kappa shape index (κ3) is 12.6. The van der Waals surface area contributed by atoms with E-state index in [1.54, 1.807) is 0 Å². The molecule has 0 aromatic rings. The van der Waals surface area contributed by atoms with Crippen molar-refractivity contribution in [3.63, 3.8) is 0 Å². The summed E-state index contributed by atoms with van der Waals surface area (Å²) in [5.74, 6) is -0.749. The molecule has 0 aromatic heterocycles. The van der Waals surface area contributed by atoms with Gasteiger partial charge >= 0.3 is 0 Å². The van der Waals surface area contributed by atoms with Crippen LogP contribution in [0.1, 0.15) is 0 Å². The second-order valence-corrected chi connectivity index (χ2v) is 2.96. The van der Waals surface area contributed by atoms with Crippen LogP contribution in [0.25, 0.3) is 0 Å². The molecule has 0 amide bonds. The van der Waals surface area contributed by atoms with Gasteiger partial charge in [0.2, 0.25) is 0 Å². The van der Waals surface area contributed by atoms with Crippen molar-refractivity contribution in [2.45, 2.75) is 0 Å². The van der Waals surface area contributed by atoms with Gasteiger partial charge in [0.15, 0.2) is 0 Å². The molecule has 1 N–H and O–H groups in total. The molecule has 0 unspecified atom stereocenters. The zero-order chi connectivity index (χ0) is 8.20. The summed E-state index contributed by atoms with van der Waals surface area (Å²) in [6, 6.07) is 0. The number of halogens is 1. The van der Waals surface area contributed by atoms with Crippen LogP contribution < -0.4 is 5.11 Å². The van der Waals surface area contributed by atoms with E-state index in [9.17, 15) is 18.3 Å². The predicted molar refractivity (Wildman–Crippen MR) is 30.6 cm³/mol. The lowest BCUT2D eigenvalue weighted by atomic mass is 10.9. The Labute approximate surface area is 69.3 Å². The standard InChI is InChI=1S/C3H6O6S.ClH2/c4-3(5)9-1-2-10(6,7)8;/h1-2H2,(H,4,5)(H,6,7,8);1H2/q;+1/p-1. The van der Waals surface area contributed by atoms with Gasteiger partial charge < -0.3 is 14.6 Å². The van der Waals surface area contributed by atoms with Crippen LogP contribution in [0.15, 0.2) is 0 Å². The fourth-order valence-corrected chi connectivity index (χ4v) is 0.524. The monoisotopic (exact) mass is 206 g/mol. The summed E-state index contributed by atoms with van der Waals surface area (Å²) in [4.78, 5) is 9.48. The molecule has 68 valence electrons. The van der Waals surface area contributed by atoms with Crippen molar-refractivity contribution >= 4 is 16.3 Å². The van der Waals surface area contributed by atoms with E-state index in [1.165, 1.54) is 0 Å². The minimum atomic E-state index is -4.14. The second-order valence-electron chi connectivity index (χ2n) is 1.38. The summed E-state index contributed by atoms with van der Waals surface area (Å²) in [5.41, 5.74) is 0. The van der Waals surface area contributed by atoms with E-state index in [0.717, 1.165) is 0 Å². The van der Waals surface area contributed by atoms with E-state index in [4.69, 9.17) is 4.55 Å². The molecule has 0 aromatic carbocycles. The number of rotatable bonds is 3. The van der Waals surface area contributed by atoms with Crippen LogP contribution in [0, 0.1) is 12.4 Å². The third-order valence-corrected chi connectivity index (χ3v) is 1.24. The SMILES string of the molecule is O=C([O-])OCCS(=O)(=O)O.[ClH2+]. The average molecular weight is 207 g/mol. The van der Waals surface area contributed by atoms with Gasteiger partial charge in [-0.25, -0.2) is 0 Å². The van der Waals surface area contributed by atoms with Crippen LogP contribution in [-0.2, 0) is 14.9 Å². The van der Waals surface area contributed by atoms with Crippen molar-refractivity contribution in [3.8, 4) is 0 Å². The molecule has 0 saturated heterocycles. The molecular weight excluding hydrogens is 200 g/mol. The smallest absolute Gasteiger partial charge is 0.266 e. The highest BCUT2D eigenvalue weighted by Gasteiger charge is 2.01. The van der Waals surface area contributed by atoms with Gasteiger partial charge in [-0.05, 0) is 0 Å².